The standard InChI is InChI=1S/C13H23N5O/c1-16(2)12-4-3-8-17(9-5-12)13(19)6-10-18-11-7-14-15-18/h7,11-12H,3-6,8-10H2,1-2H3. The van der Waals surface area contributed by atoms with Crippen LogP contribution < -0.4 is 0 Å². The summed E-state index contributed by atoms with van der Waals surface area (Å²) in [5, 5.41) is 7.62. The molecule has 1 aliphatic heterocycles. The van der Waals surface area contributed by atoms with E-state index >= 15 is 0 Å². The van der Waals surface area contributed by atoms with Crippen LogP contribution in [0.1, 0.15) is 25.7 Å². The fourth-order valence-electron chi connectivity index (χ4n) is 2.56. The predicted molar refractivity (Wildman–Crippen MR) is 72.5 cm³/mol. The maximum atomic E-state index is 12.2. The Morgan fingerprint density at radius 1 is 1.37 bits per heavy atom. The van der Waals surface area contributed by atoms with Gasteiger partial charge in [0.1, 0.15) is 0 Å². The Morgan fingerprint density at radius 2 is 2.21 bits per heavy atom. The van der Waals surface area contributed by atoms with Crippen molar-refractivity contribution in [3.05, 3.63) is 12.4 Å². The van der Waals surface area contributed by atoms with Crippen molar-refractivity contribution in [2.75, 3.05) is 27.2 Å². The molecule has 1 unspecified atom stereocenters. The largest absolute Gasteiger partial charge is 0.343 e. The highest BCUT2D eigenvalue weighted by Crippen LogP contribution is 2.15. The molecule has 19 heavy (non-hydrogen) atoms. The monoisotopic (exact) mass is 265 g/mol. The highest BCUT2D eigenvalue weighted by molar-refractivity contribution is 5.76. The van der Waals surface area contributed by atoms with E-state index in [1.54, 1.807) is 17.1 Å². The number of rotatable bonds is 4. The predicted octanol–water partition coefficient (Wildman–Crippen LogP) is 0.611. The highest BCUT2D eigenvalue weighted by Gasteiger charge is 2.21. The van der Waals surface area contributed by atoms with Gasteiger partial charge >= 0.3 is 0 Å². The zero-order valence-corrected chi connectivity index (χ0v) is 11.8. The fourth-order valence-corrected chi connectivity index (χ4v) is 2.56. The van der Waals surface area contributed by atoms with E-state index < -0.39 is 0 Å². The molecule has 1 saturated heterocycles. The van der Waals surface area contributed by atoms with E-state index in [1.165, 1.54) is 6.42 Å². The highest BCUT2D eigenvalue weighted by atomic mass is 16.2. The number of likely N-dealkylation sites (tertiary alicyclic amines) is 1. The number of aryl methyl sites for hydroxylation is 1. The number of carbonyl (C=O) groups is 1. The third-order valence-corrected chi connectivity index (χ3v) is 3.81. The van der Waals surface area contributed by atoms with E-state index in [2.05, 4.69) is 29.3 Å². The normalized spacial score (nSPS) is 20.6. The Hall–Kier alpha value is -1.43. The SMILES string of the molecule is CN(C)C1CCCN(C(=O)CCn2ccnn2)CC1. The quantitative estimate of drug-likeness (QED) is 0.800. The molecule has 0 N–H and O–H groups in total. The first-order chi connectivity index (χ1) is 9.16. The molecule has 1 atom stereocenters. The van der Waals surface area contributed by atoms with Gasteiger partial charge in [0.25, 0.3) is 0 Å². The minimum absolute atomic E-state index is 0.231. The van der Waals surface area contributed by atoms with E-state index in [-0.39, 0.29) is 5.91 Å². The molecule has 2 rings (SSSR count). The Kier molecular flexibility index (Phi) is 4.90. The van der Waals surface area contributed by atoms with Gasteiger partial charge in [0.2, 0.25) is 5.91 Å². The van der Waals surface area contributed by atoms with Crippen LogP contribution in [0.4, 0.5) is 0 Å². The fraction of sp³-hybridized carbons (Fsp3) is 0.769. The summed E-state index contributed by atoms with van der Waals surface area (Å²) in [6, 6.07) is 0.605. The lowest BCUT2D eigenvalue weighted by Gasteiger charge is -2.23. The number of amides is 1. The van der Waals surface area contributed by atoms with E-state index in [4.69, 9.17) is 0 Å². The second-order valence-electron chi connectivity index (χ2n) is 5.35. The molecule has 106 valence electrons. The molecular weight excluding hydrogens is 242 g/mol. The van der Waals surface area contributed by atoms with Crippen LogP contribution in [0.25, 0.3) is 0 Å². The molecule has 2 heterocycles. The van der Waals surface area contributed by atoms with E-state index in [0.29, 0.717) is 19.0 Å². The lowest BCUT2D eigenvalue weighted by molar-refractivity contribution is -0.131. The van der Waals surface area contributed by atoms with Gasteiger partial charge < -0.3 is 9.80 Å². The first kappa shape index (κ1) is 14.0. The number of hydrogen-bond donors (Lipinski definition) is 0. The smallest absolute Gasteiger partial charge is 0.224 e. The minimum Gasteiger partial charge on any atom is -0.343 e. The van der Waals surface area contributed by atoms with Crippen molar-refractivity contribution in [3.8, 4) is 0 Å². The second-order valence-corrected chi connectivity index (χ2v) is 5.35. The number of nitrogens with zero attached hydrogens (tertiary/aromatic N) is 5. The molecule has 1 fully saturated rings. The van der Waals surface area contributed by atoms with Crippen molar-refractivity contribution in [2.24, 2.45) is 0 Å². The number of hydrogen-bond acceptors (Lipinski definition) is 4. The Morgan fingerprint density at radius 3 is 2.89 bits per heavy atom. The minimum atomic E-state index is 0.231. The molecule has 0 bridgehead atoms. The van der Waals surface area contributed by atoms with Gasteiger partial charge in [0, 0.05) is 31.7 Å². The van der Waals surface area contributed by atoms with E-state index in [0.717, 1.165) is 25.9 Å². The molecule has 0 aromatic carbocycles. The summed E-state index contributed by atoms with van der Waals surface area (Å²) in [6.45, 7) is 2.38. The molecule has 0 saturated carbocycles. The molecular formula is C13H23N5O. The zero-order valence-electron chi connectivity index (χ0n) is 11.8. The van der Waals surface area contributed by atoms with Crippen molar-refractivity contribution in [1.82, 2.24) is 24.8 Å². The van der Waals surface area contributed by atoms with Gasteiger partial charge in [-0.15, -0.1) is 5.10 Å². The van der Waals surface area contributed by atoms with Crippen LogP contribution in [0.15, 0.2) is 12.4 Å². The van der Waals surface area contributed by atoms with Crippen LogP contribution in [0, 0.1) is 0 Å². The van der Waals surface area contributed by atoms with Crippen molar-refractivity contribution in [2.45, 2.75) is 38.3 Å². The molecule has 6 nitrogen and oxygen atoms in total. The average Bonchev–Trinajstić information content (AvgIpc) is 2.77. The van der Waals surface area contributed by atoms with Crippen LogP contribution in [0.5, 0.6) is 0 Å². The summed E-state index contributed by atoms with van der Waals surface area (Å²) in [5.41, 5.74) is 0. The third-order valence-electron chi connectivity index (χ3n) is 3.81. The first-order valence-electron chi connectivity index (χ1n) is 6.95. The summed E-state index contributed by atoms with van der Waals surface area (Å²) < 4.78 is 1.71. The second kappa shape index (κ2) is 6.65. The Bertz CT molecular complexity index is 390. The van der Waals surface area contributed by atoms with E-state index in [9.17, 15) is 4.79 Å². The Balaban J connectivity index is 1.79. The summed E-state index contributed by atoms with van der Waals surface area (Å²) >= 11 is 0. The molecule has 6 heteroatoms. The molecule has 0 aliphatic carbocycles. The van der Waals surface area contributed by atoms with Crippen LogP contribution >= 0.6 is 0 Å². The maximum absolute atomic E-state index is 12.2. The lowest BCUT2D eigenvalue weighted by atomic mass is 10.1. The zero-order chi connectivity index (χ0) is 13.7. The Labute approximate surface area is 114 Å². The van der Waals surface area contributed by atoms with Gasteiger partial charge in [-0.3, -0.25) is 9.48 Å². The van der Waals surface area contributed by atoms with Gasteiger partial charge in [-0.25, -0.2) is 0 Å². The molecule has 1 aliphatic rings. The maximum Gasteiger partial charge on any atom is 0.224 e. The van der Waals surface area contributed by atoms with Crippen LogP contribution in [-0.2, 0) is 11.3 Å². The summed E-state index contributed by atoms with van der Waals surface area (Å²) in [4.78, 5) is 16.4. The molecule has 1 amide bonds. The van der Waals surface area contributed by atoms with Gasteiger partial charge in [0.05, 0.1) is 12.7 Å². The number of carbonyl (C=O) groups excluding carboxylic acids is 1. The summed E-state index contributed by atoms with van der Waals surface area (Å²) in [6.07, 6.45) is 7.28. The average molecular weight is 265 g/mol. The molecule has 0 radical (unpaired) electrons. The van der Waals surface area contributed by atoms with Crippen LogP contribution in [0.3, 0.4) is 0 Å². The summed E-state index contributed by atoms with van der Waals surface area (Å²) in [7, 11) is 4.24. The number of aromatic nitrogens is 3. The lowest BCUT2D eigenvalue weighted by Crippen LogP contribution is -2.34. The topological polar surface area (TPSA) is 54.3 Å². The summed E-state index contributed by atoms with van der Waals surface area (Å²) in [5.74, 6) is 0.231. The van der Waals surface area contributed by atoms with Crippen molar-refractivity contribution in [1.29, 1.82) is 0 Å². The molecule has 1 aromatic rings. The van der Waals surface area contributed by atoms with Gasteiger partial charge in [-0.05, 0) is 33.4 Å². The first-order valence-corrected chi connectivity index (χ1v) is 6.95. The van der Waals surface area contributed by atoms with Gasteiger partial charge in [-0.2, -0.15) is 0 Å². The van der Waals surface area contributed by atoms with Gasteiger partial charge in [0.15, 0.2) is 0 Å². The van der Waals surface area contributed by atoms with Crippen molar-refractivity contribution >= 4 is 5.91 Å². The molecule has 1 aromatic heterocycles. The molecule has 0 spiro atoms. The van der Waals surface area contributed by atoms with Crippen LogP contribution in [-0.4, -0.2) is 63.9 Å². The van der Waals surface area contributed by atoms with Crippen molar-refractivity contribution in [3.63, 3.8) is 0 Å². The van der Waals surface area contributed by atoms with Gasteiger partial charge in [-0.1, -0.05) is 5.21 Å². The van der Waals surface area contributed by atoms with Crippen LogP contribution in [0.2, 0.25) is 0 Å². The third kappa shape index (κ3) is 4.02. The van der Waals surface area contributed by atoms with E-state index in [1.807, 2.05) is 4.90 Å². The van der Waals surface area contributed by atoms with Crippen molar-refractivity contribution < 1.29 is 4.79 Å².